The summed E-state index contributed by atoms with van der Waals surface area (Å²) in [6.07, 6.45) is 5.79. The number of methoxy groups -OCH3 is 1. The van der Waals surface area contributed by atoms with Crippen LogP contribution >= 0.6 is 11.8 Å². The maximum absolute atomic E-state index is 12.3. The second-order valence-corrected chi connectivity index (χ2v) is 7.11. The van der Waals surface area contributed by atoms with Gasteiger partial charge in [0, 0.05) is 26.1 Å². The van der Waals surface area contributed by atoms with Gasteiger partial charge in [-0.25, -0.2) is 0 Å². The molecule has 0 aromatic heterocycles. The Bertz CT molecular complexity index is 294. The van der Waals surface area contributed by atoms with Crippen molar-refractivity contribution in [2.24, 2.45) is 5.92 Å². The predicted octanol–water partition coefficient (Wildman–Crippen LogP) is 3.06. The van der Waals surface area contributed by atoms with Crippen molar-refractivity contribution < 1.29 is 14.3 Å². The number of rotatable bonds is 5. The SMILES string of the molecule is COC(C)CCC(=O)C1CCOC2(CCSCC2)C1. The maximum Gasteiger partial charge on any atom is 0.136 e. The summed E-state index contributed by atoms with van der Waals surface area (Å²) in [4.78, 5) is 12.3. The summed E-state index contributed by atoms with van der Waals surface area (Å²) in [7, 11) is 1.71. The van der Waals surface area contributed by atoms with Crippen LogP contribution in [-0.4, -0.2) is 42.7 Å². The zero-order valence-electron chi connectivity index (χ0n) is 12.2. The Balaban J connectivity index is 1.84. The first-order valence-electron chi connectivity index (χ1n) is 7.42. The Morgan fingerprint density at radius 2 is 2.21 bits per heavy atom. The number of ether oxygens (including phenoxy) is 2. The first kappa shape index (κ1) is 15.3. The molecule has 2 aliphatic heterocycles. The third-order valence-corrected chi connectivity index (χ3v) is 5.54. The first-order valence-corrected chi connectivity index (χ1v) is 8.58. The van der Waals surface area contributed by atoms with Gasteiger partial charge in [-0.3, -0.25) is 4.79 Å². The number of ketones is 1. The van der Waals surface area contributed by atoms with Gasteiger partial charge in [-0.15, -0.1) is 0 Å². The van der Waals surface area contributed by atoms with E-state index in [0.717, 1.165) is 38.7 Å². The van der Waals surface area contributed by atoms with E-state index in [1.165, 1.54) is 11.5 Å². The summed E-state index contributed by atoms with van der Waals surface area (Å²) in [5.74, 6) is 3.01. The fourth-order valence-corrected chi connectivity index (χ4v) is 4.30. The number of hydrogen-bond donors (Lipinski definition) is 0. The zero-order valence-corrected chi connectivity index (χ0v) is 13.0. The normalized spacial score (nSPS) is 28.2. The highest BCUT2D eigenvalue weighted by Crippen LogP contribution is 2.40. The number of Topliss-reactive ketones (excluding diaryl/α,β-unsaturated/α-hetero) is 1. The molecule has 0 amide bonds. The highest BCUT2D eigenvalue weighted by molar-refractivity contribution is 7.99. The summed E-state index contributed by atoms with van der Waals surface area (Å²) >= 11 is 2.01. The van der Waals surface area contributed by atoms with Crippen LogP contribution in [0.25, 0.3) is 0 Å². The van der Waals surface area contributed by atoms with Crippen LogP contribution in [0.1, 0.15) is 45.4 Å². The van der Waals surface area contributed by atoms with E-state index in [1.807, 2.05) is 18.7 Å². The molecule has 0 bridgehead atoms. The van der Waals surface area contributed by atoms with E-state index in [-0.39, 0.29) is 17.6 Å². The van der Waals surface area contributed by atoms with Gasteiger partial charge in [0.25, 0.3) is 0 Å². The average Bonchev–Trinajstić information content (AvgIpc) is 2.45. The van der Waals surface area contributed by atoms with E-state index < -0.39 is 0 Å². The predicted molar refractivity (Wildman–Crippen MR) is 78.7 cm³/mol. The number of carbonyl (C=O) groups excluding carboxylic acids is 1. The molecule has 2 saturated heterocycles. The summed E-state index contributed by atoms with van der Waals surface area (Å²) in [6.45, 7) is 2.79. The van der Waals surface area contributed by atoms with E-state index >= 15 is 0 Å². The lowest BCUT2D eigenvalue weighted by molar-refractivity contribution is -0.139. The summed E-state index contributed by atoms with van der Waals surface area (Å²) in [5.41, 5.74) is 0.0245. The lowest BCUT2D eigenvalue weighted by Crippen LogP contribution is -2.44. The van der Waals surface area contributed by atoms with Gasteiger partial charge in [0.2, 0.25) is 0 Å². The number of carbonyl (C=O) groups is 1. The Kier molecular flexibility index (Phi) is 5.72. The molecule has 2 aliphatic rings. The van der Waals surface area contributed by atoms with Crippen LogP contribution < -0.4 is 0 Å². The second kappa shape index (κ2) is 7.09. The smallest absolute Gasteiger partial charge is 0.136 e. The van der Waals surface area contributed by atoms with Crippen molar-refractivity contribution in [1.82, 2.24) is 0 Å². The molecule has 2 heterocycles. The van der Waals surface area contributed by atoms with Gasteiger partial charge < -0.3 is 9.47 Å². The van der Waals surface area contributed by atoms with Gasteiger partial charge >= 0.3 is 0 Å². The second-order valence-electron chi connectivity index (χ2n) is 5.88. The molecule has 2 fully saturated rings. The van der Waals surface area contributed by atoms with Crippen molar-refractivity contribution in [3.63, 3.8) is 0 Å². The molecule has 2 unspecified atom stereocenters. The van der Waals surface area contributed by atoms with E-state index in [4.69, 9.17) is 9.47 Å². The zero-order chi connectivity index (χ0) is 13.7. The van der Waals surface area contributed by atoms with E-state index in [2.05, 4.69) is 0 Å². The van der Waals surface area contributed by atoms with Crippen LogP contribution in [0.5, 0.6) is 0 Å². The molecule has 0 aromatic carbocycles. The van der Waals surface area contributed by atoms with Crippen molar-refractivity contribution in [2.75, 3.05) is 25.2 Å². The topological polar surface area (TPSA) is 35.5 Å². The van der Waals surface area contributed by atoms with E-state index in [9.17, 15) is 4.79 Å². The molecular weight excluding hydrogens is 260 g/mol. The molecule has 0 saturated carbocycles. The monoisotopic (exact) mass is 286 g/mol. The molecule has 2 atom stereocenters. The van der Waals surface area contributed by atoms with Crippen molar-refractivity contribution in [1.29, 1.82) is 0 Å². The molecule has 110 valence electrons. The van der Waals surface area contributed by atoms with Gasteiger partial charge in [-0.1, -0.05) is 0 Å². The molecule has 19 heavy (non-hydrogen) atoms. The fraction of sp³-hybridized carbons (Fsp3) is 0.933. The summed E-state index contributed by atoms with van der Waals surface area (Å²) in [5, 5.41) is 0. The largest absolute Gasteiger partial charge is 0.382 e. The lowest BCUT2D eigenvalue weighted by Gasteiger charge is -2.43. The minimum Gasteiger partial charge on any atom is -0.382 e. The number of thioether (sulfide) groups is 1. The molecule has 0 aromatic rings. The van der Waals surface area contributed by atoms with Gasteiger partial charge in [0.15, 0.2) is 0 Å². The Labute approximate surface area is 120 Å². The Morgan fingerprint density at radius 1 is 1.47 bits per heavy atom. The quantitative estimate of drug-likeness (QED) is 0.778. The molecule has 1 spiro atoms. The van der Waals surface area contributed by atoms with Crippen LogP contribution in [-0.2, 0) is 14.3 Å². The third kappa shape index (κ3) is 4.20. The van der Waals surface area contributed by atoms with Crippen LogP contribution in [0, 0.1) is 5.92 Å². The summed E-state index contributed by atoms with van der Waals surface area (Å²) in [6, 6.07) is 0. The van der Waals surface area contributed by atoms with Gasteiger partial charge in [0.05, 0.1) is 11.7 Å². The molecule has 0 radical (unpaired) electrons. The minimum absolute atomic E-state index is 0.0245. The Hall–Kier alpha value is -0.0600. The standard InChI is InChI=1S/C15H26O3S/c1-12(17-2)3-4-14(16)13-5-8-18-15(11-13)6-9-19-10-7-15/h12-13H,3-11H2,1-2H3. The van der Waals surface area contributed by atoms with Gasteiger partial charge in [-0.2, -0.15) is 11.8 Å². The molecule has 4 heteroatoms. The number of hydrogen-bond acceptors (Lipinski definition) is 4. The van der Waals surface area contributed by atoms with Crippen molar-refractivity contribution in [3.8, 4) is 0 Å². The molecule has 3 nitrogen and oxygen atoms in total. The molecular formula is C15H26O3S. The third-order valence-electron chi connectivity index (χ3n) is 4.55. The average molecular weight is 286 g/mol. The minimum atomic E-state index is 0.0245. The van der Waals surface area contributed by atoms with Crippen LogP contribution in [0.2, 0.25) is 0 Å². The Morgan fingerprint density at radius 3 is 2.89 bits per heavy atom. The van der Waals surface area contributed by atoms with Crippen molar-refractivity contribution in [3.05, 3.63) is 0 Å². The lowest BCUT2D eigenvalue weighted by atomic mass is 9.79. The highest BCUT2D eigenvalue weighted by atomic mass is 32.2. The van der Waals surface area contributed by atoms with E-state index in [1.54, 1.807) is 7.11 Å². The first-order chi connectivity index (χ1) is 9.15. The van der Waals surface area contributed by atoms with Crippen LogP contribution in [0.15, 0.2) is 0 Å². The van der Waals surface area contributed by atoms with E-state index in [0.29, 0.717) is 12.2 Å². The van der Waals surface area contributed by atoms with Crippen LogP contribution in [0.3, 0.4) is 0 Å². The van der Waals surface area contributed by atoms with Crippen LogP contribution in [0.4, 0.5) is 0 Å². The molecule has 0 aliphatic carbocycles. The molecule has 0 N–H and O–H groups in total. The van der Waals surface area contributed by atoms with Gasteiger partial charge in [0.1, 0.15) is 5.78 Å². The summed E-state index contributed by atoms with van der Waals surface area (Å²) < 4.78 is 11.3. The van der Waals surface area contributed by atoms with Crippen molar-refractivity contribution in [2.45, 2.75) is 57.2 Å². The maximum atomic E-state index is 12.3. The van der Waals surface area contributed by atoms with Gasteiger partial charge in [-0.05, 0) is 50.5 Å². The molecule has 2 rings (SSSR count). The highest BCUT2D eigenvalue weighted by Gasteiger charge is 2.40. The van der Waals surface area contributed by atoms with Crippen molar-refractivity contribution >= 4 is 17.5 Å². The fourth-order valence-electron chi connectivity index (χ4n) is 3.06.